The quantitative estimate of drug-likeness (QED) is 0.379. The number of ether oxygens (including phenoxy) is 1. The molecule has 5 nitrogen and oxygen atoms in total. The topological polar surface area (TPSA) is 70.0 Å². The van der Waals surface area contributed by atoms with Crippen LogP contribution in [0.3, 0.4) is 0 Å². The fraction of sp³-hybridized carbons (Fsp3) is 0.133. The number of rotatable bonds is 4. The van der Waals surface area contributed by atoms with Gasteiger partial charge in [-0.15, -0.1) is 0 Å². The van der Waals surface area contributed by atoms with Crippen molar-refractivity contribution in [3.05, 3.63) is 70.1 Å². The molecule has 0 aromatic heterocycles. The first kappa shape index (κ1) is 14.8. The van der Waals surface area contributed by atoms with E-state index in [9.17, 15) is 0 Å². The van der Waals surface area contributed by atoms with Gasteiger partial charge in [-0.05, 0) is 42.4 Å². The molecule has 2 aromatic carbocycles. The first-order valence-electron chi connectivity index (χ1n) is 6.32. The molecule has 0 saturated heterocycles. The number of anilines is 1. The minimum Gasteiger partial charge on any atom is -0.466 e. The van der Waals surface area contributed by atoms with Crippen LogP contribution in [0.5, 0.6) is 0 Å². The lowest BCUT2D eigenvalue weighted by molar-refractivity contribution is 0.300. The average molecular weight is 298 g/mol. The van der Waals surface area contributed by atoms with E-state index in [1.54, 1.807) is 12.1 Å². The zero-order valence-corrected chi connectivity index (χ0v) is 12.3. The highest BCUT2D eigenvalue weighted by molar-refractivity contribution is 7.80. The van der Waals surface area contributed by atoms with Gasteiger partial charge in [-0.1, -0.05) is 47.1 Å². The van der Waals surface area contributed by atoms with Crippen molar-refractivity contribution < 1.29 is 4.74 Å². The molecule has 0 bridgehead atoms. The number of azide groups is 1. The van der Waals surface area contributed by atoms with E-state index < -0.39 is 0 Å². The molecule has 0 saturated carbocycles. The molecule has 0 fully saturated rings. The van der Waals surface area contributed by atoms with Gasteiger partial charge in [-0.25, -0.2) is 0 Å². The normalized spacial score (nSPS) is 9.57. The van der Waals surface area contributed by atoms with Gasteiger partial charge < -0.3 is 10.1 Å². The van der Waals surface area contributed by atoms with Crippen molar-refractivity contribution in [2.24, 2.45) is 5.11 Å². The Labute approximate surface area is 128 Å². The first-order chi connectivity index (χ1) is 10.2. The van der Waals surface area contributed by atoms with E-state index in [-0.39, 0.29) is 11.8 Å². The summed E-state index contributed by atoms with van der Waals surface area (Å²) in [6.45, 7) is 2.26. The highest BCUT2D eigenvalue weighted by atomic mass is 32.1. The van der Waals surface area contributed by atoms with E-state index in [1.807, 2.05) is 43.3 Å². The summed E-state index contributed by atoms with van der Waals surface area (Å²) in [5.74, 6) is 0. The van der Waals surface area contributed by atoms with E-state index in [1.165, 1.54) is 5.56 Å². The fourth-order valence-corrected chi connectivity index (χ4v) is 1.89. The molecule has 0 aliphatic heterocycles. The lowest BCUT2D eigenvalue weighted by Crippen LogP contribution is -2.13. The second-order valence-corrected chi connectivity index (χ2v) is 4.76. The van der Waals surface area contributed by atoms with Crippen LogP contribution in [0.25, 0.3) is 10.4 Å². The van der Waals surface area contributed by atoms with Crippen molar-refractivity contribution >= 4 is 28.8 Å². The monoisotopic (exact) mass is 298 g/mol. The predicted molar refractivity (Wildman–Crippen MR) is 87.4 cm³/mol. The summed E-state index contributed by atoms with van der Waals surface area (Å²) in [4.78, 5) is 2.79. The molecule has 0 aliphatic rings. The van der Waals surface area contributed by atoms with E-state index in [0.717, 1.165) is 11.3 Å². The Morgan fingerprint density at radius 1 is 1.24 bits per heavy atom. The van der Waals surface area contributed by atoms with Gasteiger partial charge in [-0.2, -0.15) is 0 Å². The number of hydrogen-bond donors (Lipinski definition) is 1. The van der Waals surface area contributed by atoms with Gasteiger partial charge in [0.05, 0.1) is 0 Å². The Morgan fingerprint density at radius 2 is 1.95 bits per heavy atom. The van der Waals surface area contributed by atoms with Crippen LogP contribution in [0.4, 0.5) is 11.4 Å². The minimum atomic E-state index is 0.243. The molecule has 0 radical (unpaired) electrons. The Morgan fingerprint density at radius 3 is 2.67 bits per heavy atom. The maximum atomic E-state index is 8.52. The molecule has 6 heteroatoms. The Kier molecular flexibility index (Phi) is 5.15. The van der Waals surface area contributed by atoms with Crippen molar-refractivity contribution in [1.82, 2.24) is 0 Å². The molecule has 0 amide bonds. The van der Waals surface area contributed by atoms with Crippen LogP contribution < -0.4 is 5.32 Å². The highest BCUT2D eigenvalue weighted by Gasteiger charge is 2.03. The summed E-state index contributed by atoms with van der Waals surface area (Å²) in [7, 11) is 0. The maximum Gasteiger partial charge on any atom is 0.261 e. The lowest BCUT2D eigenvalue weighted by Gasteiger charge is -2.11. The van der Waals surface area contributed by atoms with Gasteiger partial charge in [-0.3, -0.25) is 0 Å². The molecule has 0 spiro atoms. The molecule has 2 rings (SSSR count). The molecule has 1 N–H and O–H groups in total. The van der Waals surface area contributed by atoms with Crippen LogP contribution in [0.15, 0.2) is 53.6 Å². The summed E-state index contributed by atoms with van der Waals surface area (Å²) in [5.41, 5.74) is 11.9. The van der Waals surface area contributed by atoms with Crippen LogP contribution in [0.1, 0.15) is 11.1 Å². The summed E-state index contributed by atoms with van der Waals surface area (Å²) >= 11 is 5.14. The zero-order chi connectivity index (χ0) is 15.1. The van der Waals surface area contributed by atoms with Crippen LogP contribution in [0, 0.1) is 6.92 Å². The van der Waals surface area contributed by atoms with Gasteiger partial charge in [0.15, 0.2) is 0 Å². The maximum absolute atomic E-state index is 8.52. The van der Waals surface area contributed by atoms with E-state index >= 15 is 0 Å². The molecule has 2 aromatic rings. The third kappa shape index (κ3) is 4.49. The van der Waals surface area contributed by atoms with Gasteiger partial charge >= 0.3 is 0 Å². The smallest absolute Gasteiger partial charge is 0.261 e. The summed E-state index contributed by atoms with van der Waals surface area (Å²) in [5, 5.41) is 6.88. The minimum absolute atomic E-state index is 0.243. The second-order valence-electron chi connectivity index (χ2n) is 4.39. The standard InChI is InChI=1S/C15H14N4OS/c1-11-6-8-13(9-7-11)17-15(21)20-10-12-4-2-3-5-14(12)18-19-16/h2-9H,10H2,1H3,(H,17,21). The summed E-state index contributed by atoms with van der Waals surface area (Å²) in [6, 6.07) is 15.1. The van der Waals surface area contributed by atoms with Gasteiger partial charge in [0, 0.05) is 16.3 Å². The fourth-order valence-electron chi connectivity index (χ4n) is 1.71. The number of hydrogen-bond acceptors (Lipinski definition) is 3. The van der Waals surface area contributed by atoms with E-state index in [4.69, 9.17) is 22.5 Å². The Balaban J connectivity index is 1.95. The highest BCUT2D eigenvalue weighted by Crippen LogP contribution is 2.20. The SMILES string of the molecule is Cc1ccc(NC(=S)OCc2ccccc2N=[N+]=[N-])cc1. The van der Waals surface area contributed by atoms with Crippen LogP contribution >= 0.6 is 12.2 Å². The number of nitrogens with one attached hydrogen (secondary N) is 1. The number of benzene rings is 2. The molecule has 0 atom stereocenters. The number of thiocarbonyl (C=S) groups is 1. The average Bonchev–Trinajstić information content (AvgIpc) is 2.49. The largest absolute Gasteiger partial charge is 0.466 e. The van der Waals surface area contributed by atoms with Crippen molar-refractivity contribution in [3.8, 4) is 0 Å². The molecule has 21 heavy (non-hydrogen) atoms. The third-order valence-electron chi connectivity index (χ3n) is 2.80. The first-order valence-corrected chi connectivity index (χ1v) is 6.73. The Bertz CT molecular complexity index is 678. The van der Waals surface area contributed by atoms with E-state index in [0.29, 0.717) is 5.69 Å². The lowest BCUT2D eigenvalue weighted by atomic mass is 10.2. The van der Waals surface area contributed by atoms with E-state index in [2.05, 4.69) is 15.3 Å². The summed E-state index contributed by atoms with van der Waals surface area (Å²) < 4.78 is 5.49. The molecular weight excluding hydrogens is 284 g/mol. The Hall–Kier alpha value is -2.56. The molecule has 0 aliphatic carbocycles. The second kappa shape index (κ2) is 7.28. The predicted octanol–water partition coefficient (Wildman–Crippen LogP) is 4.85. The van der Waals surface area contributed by atoms with Crippen molar-refractivity contribution in [2.45, 2.75) is 13.5 Å². The van der Waals surface area contributed by atoms with Crippen LogP contribution in [-0.4, -0.2) is 5.17 Å². The third-order valence-corrected chi connectivity index (χ3v) is 3.02. The molecule has 0 unspecified atom stereocenters. The number of aryl methyl sites for hydroxylation is 1. The van der Waals surface area contributed by atoms with Crippen molar-refractivity contribution in [1.29, 1.82) is 0 Å². The molecular formula is C15H14N4OS. The van der Waals surface area contributed by atoms with Crippen LogP contribution in [-0.2, 0) is 11.3 Å². The number of nitrogens with zero attached hydrogens (tertiary/aromatic N) is 3. The molecule has 106 valence electrons. The van der Waals surface area contributed by atoms with Gasteiger partial charge in [0.1, 0.15) is 6.61 Å². The van der Waals surface area contributed by atoms with Crippen molar-refractivity contribution in [2.75, 3.05) is 5.32 Å². The zero-order valence-electron chi connectivity index (χ0n) is 11.5. The van der Waals surface area contributed by atoms with Crippen LogP contribution in [0.2, 0.25) is 0 Å². The molecule has 0 heterocycles. The van der Waals surface area contributed by atoms with Gasteiger partial charge in [0.25, 0.3) is 5.17 Å². The summed E-state index contributed by atoms with van der Waals surface area (Å²) in [6.07, 6.45) is 0. The van der Waals surface area contributed by atoms with Crippen molar-refractivity contribution in [3.63, 3.8) is 0 Å². The van der Waals surface area contributed by atoms with Gasteiger partial charge in [0.2, 0.25) is 0 Å².